The Morgan fingerprint density at radius 1 is 1.14 bits per heavy atom. The van der Waals surface area contributed by atoms with Crippen LogP contribution in [0.4, 0.5) is 0 Å². The first-order valence-electron chi connectivity index (χ1n) is 8.42. The van der Waals surface area contributed by atoms with Gasteiger partial charge >= 0.3 is 0 Å². The maximum atomic E-state index is 12.4. The van der Waals surface area contributed by atoms with Gasteiger partial charge in [-0.15, -0.1) is 0 Å². The zero-order chi connectivity index (χ0) is 15.3. The average Bonchev–Trinajstić information content (AvgIpc) is 2.56. The van der Waals surface area contributed by atoms with E-state index in [1.165, 1.54) is 25.7 Å². The molecule has 0 bridgehead atoms. The minimum Gasteiger partial charge on any atom is -0.303 e. The van der Waals surface area contributed by atoms with Crippen molar-refractivity contribution < 1.29 is 4.79 Å². The molecule has 21 heavy (non-hydrogen) atoms. The largest absolute Gasteiger partial charge is 0.303 e. The van der Waals surface area contributed by atoms with Crippen LogP contribution in [-0.2, 0) is 0 Å². The molecule has 1 fully saturated rings. The SMILES string of the molecule is CCC1(CC)CCN(CC(C)C(=O)c2ccccc2)CC1. The molecule has 0 N–H and O–H groups in total. The van der Waals surface area contributed by atoms with E-state index in [1.54, 1.807) is 0 Å². The van der Waals surface area contributed by atoms with Gasteiger partial charge in [-0.25, -0.2) is 0 Å². The number of nitrogens with zero attached hydrogens (tertiary/aromatic N) is 1. The number of likely N-dealkylation sites (tertiary alicyclic amines) is 1. The van der Waals surface area contributed by atoms with Crippen LogP contribution in [0, 0.1) is 11.3 Å². The first-order valence-corrected chi connectivity index (χ1v) is 8.42. The second-order valence-electron chi connectivity index (χ2n) is 6.64. The van der Waals surface area contributed by atoms with Gasteiger partial charge in [-0.3, -0.25) is 4.79 Å². The Balaban J connectivity index is 1.87. The van der Waals surface area contributed by atoms with Crippen LogP contribution in [0.1, 0.15) is 56.8 Å². The number of ketones is 1. The summed E-state index contributed by atoms with van der Waals surface area (Å²) in [5.41, 5.74) is 1.40. The molecule has 1 heterocycles. The van der Waals surface area contributed by atoms with E-state index in [0.29, 0.717) is 5.41 Å². The Hall–Kier alpha value is -1.15. The number of benzene rings is 1. The number of hydrogen-bond donors (Lipinski definition) is 0. The molecular weight excluding hydrogens is 258 g/mol. The Bertz CT molecular complexity index is 440. The molecule has 0 amide bonds. The minimum atomic E-state index is 0.0863. The van der Waals surface area contributed by atoms with Crippen LogP contribution in [0.25, 0.3) is 0 Å². The van der Waals surface area contributed by atoms with Crippen molar-refractivity contribution in [3.8, 4) is 0 Å². The number of piperidine rings is 1. The first-order chi connectivity index (χ1) is 10.1. The quantitative estimate of drug-likeness (QED) is 0.722. The van der Waals surface area contributed by atoms with Gasteiger partial charge in [0.25, 0.3) is 0 Å². The third kappa shape index (κ3) is 3.94. The van der Waals surface area contributed by atoms with Gasteiger partial charge in [0.05, 0.1) is 0 Å². The lowest BCUT2D eigenvalue weighted by Crippen LogP contribution is -2.42. The van der Waals surface area contributed by atoms with Crippen LogP contribution in [0.15, 0.2) is 30.3 Å². The monoisotopic (exact) mass is 287 g/mol. The lowest BCUT2D eigenvalue weighted by Gasteiger charge is -2.41. The topological polar surface area (TPSA) is 20.3 Å². The molecule has 1 atom stereocenters. The molecule has 2 nitrogen and oxygen atoms in total. The maximum absolute atomic E-state index is 12.4. The third-order valence-corrected chi connectivity index (χ3v) is 5.45. The van der Waals surface area contributed by atoms with Crippen molar-refractivity contribution in [2.75, 3.05) is 19.6 Å². The summed E-state index contributed by atoms with van der Waals surface area (Å²) in [5.74, 6) is 0.363. The Kier molecular flexibility index (Phi) is 5.58. The highest BCUT2D eigenvalue weighted by atomic mass is 16.1. The van der Waals surface area contributed by atoms with Crippen LogP contribution in [0.3, 0.4) is 0 Å². The summed E-state index contributed by atoms with van der Waals surface area (Å²) >= 11 is 0. The Morgan fingerprint density at radius 3 is 2.24 bits per heavy atom. The number of hydrogen-bond acceptors (Lipinski definition) is 2. The van der Waals surface area contributed by atoms with E-state index < -0.39 is 0 Å². The van der Waals surface area contributed by atoms with Gasteiger partial charge in [0.1, 0.15) is 0 Å². The molecule has 1 saturated heterocycles. The van der Waals surface area contributed by atoms with E-state index in [9.17, 15) is 4.79 Å². The summed E-state index contributed by atoms with van der Waals surface area (Å²) in [6.45, 7) is 9.90. The molecule has 1 aliphatic rings. The van der Waals surface area contributed by atoms with Crippen molar-refractivity contribution in [1.29, 1.82) is 0 Å². The lowest BCUT2D eigenvalue weighted by molar-refractivity contribution is 0.0736. The van der Waals surface area contributed by atoms with E-state index in [4.69, 9.17) is 0 Å². The number of carbonyl (C=O) groups excluding carboxylic acids is 1. The highest BCUT2D eigenvalue weighted by Gasteiger charge is 2.32. The average molecular weight is 287 g/mol. The van der Waals surface area contributed by atoms with Gasteiger partial charge in [0, 0.05) is 18.0 Å². The summed E-state index contributed by atoms with van der Waals surface area (Å²) in [7, 11) is 0. The third-order valence-electron chi connectivity index (χ3n) is 5.45. The van der Waals surface area contributed by atoms with Crippen LogP contribution in [0.2, 0.25) is 0 Å². The fourth-order valence-corrected chi connectivity index (χ4v) is 3.52. The summed E-state index contributed by atoms with van der Waals surface area (Å²) in [6.07, 6.45) is 5.14. The molecular formula is C19H29NO. The maximum Gasteiger partial charge on any atom is 0.166 e. The van der Waals surface area contributed by atoms with Gasteiger partial charge in [-0.1, -0.05) is 63.9 Å². The molecule has 116 valence electrons. The predicted octanol–water partition coefficient (Wildman–Crippen LogP) is 4.41. The molecule has 0 saturated carbocycles. The van der Waals surface area contributed by atoms with E-state index in [-0.39, 0.29) is 11.7 Å². The number of Topliss-reactive ketones (excluding diaryl/α,β-unsaturated/α-hetero) is 1. The van der Waals surface area contributed by atoms with E-state index >= 15 is 0 Å². The molecule has 0 spiro atoms. The van der Waals surface area contributed by atoms with E-state index in [0.717, 1.165) is 25.2 Å². The van der Waals surface area contributed by atoms with Gasteiger partial charge < -0.3 is 4.90 Å². The molecule has 0 aromatic heterocycles. The van der Waals surface area contributed by atoms with Crippen LogP contribution < -0.4 is 0 Å². The fraction of sp³-hybridized carbons (Fsp3) is 0.632. The summed E-state index contributed by atoms with van der Waals surface area (Å²) in [4.78, 5) is 14.9. The zero-order valence-corrected chi connectivity index (χ0v) is 13.8. The van der Waals surface area contributed by atoms with Crippen molar-refractivity contribution in [3.63, 3.8) is 0 Å². The second kappa shape index (κ2) is 7.22. The smallest absolute Gasteiger partial charge is 0.166 e. The van der Waals surface area contributed by atoms with Crippen molar-refractivity contribution >= 4 is 5.78 Å². The highest BCUT2D eigenvalue weighted by Crippen LogP contribution is 2.38. The summed E-state index contributed by atoms with van der Waals surface area (Å²) in [6, 6.07) is 9.69. The molecule has 0 aliphatic carbocycles. The van der Waals surface area contributed by atoms with Gasteiger partial charge in [0.15, 0.2) is 5.78 Å². The van der Waals surface area contributed by atoms with Crippen molar-refractivity contribution in [1.82, 2.24) is 4.90 Å². The van der Waals surface area contributed by atoms with Crippen molar-refractivity contribution in [2.45, 2.75) is 46.5 Å². The molecule has 1 aromatic rings. The summed E-state index contributed by atoms with van der Waals surface area (Å²) < 4.78 is 0. The van der Waals surface area contributed by atoms with Crippen LogP contribution >= 0.6 is 0 Å². The van der Waals surface area contributed by atoms with Crippen molar-refractivity contribution in [2.24, 2.45) is 11.3 Å². The van der Waals surface area contributed by atoms with Crippen LogP contribution in [0.5, 0.6) is 0 Å². The molecule has 1 aromatic carbocycles. The van der Waals surface area contributed by atoms with Gasteiger partial charge in [-0.2, -0.15) is 0 Å². The summed E-state index contributed by atoms with van der Waals surface area (Å²) in [5, 5.41) is 0. The Morgan fingerprint density at radius 2 is 1.71 bits per heavy atom. The zero-order valence-electron chi connectivity index (χ0n) is 13.8. The number of rotatable bonds is 6. The van der Waals surface area contributed by atoms with Gasteiger partial charge in [-0.05, 0) is 31.3 Å². The number of carbonyl (C=O) groups is 1. The Labute approximate surface area is 129 Å². The standard InChI is InChI=1S/C19H29NO/c1-4-19(5-2)11-13-20(14-12-19)15-16(3)18(21)17-9-7-6-8-10-17/h6-10,16H,4-5,11-15H2,1-3H3. The van der Waals surface area contributed by atoms with Crippen LogP contribution in [-0.4, -0.2) is 30.3 Å². The molecule has 2 rings (SSSR count). The lowest BCUT2D eigenvalue weighted by atomic mass is 9.74. The molecule has 1 aliphatic heterocycles. The fourth-order valence-electron chi connectivity index (χ4n) is 3.52. The molecule has 1 unspecified atom stereocenters. The molecule has 0 radical (unpaired) electrons. The predicted molar refractivity (Wildman–Crippen MR) is 88.6 cm³/mol. The van der Waals surface area contributed by atoms with E-state index in [2.05, 4.69) is 25.7 Å². The molecule has 2 heteroatoms. The van der Waals surface area contributed by atoms with Crippen molar-refractivity contribution in [3.05, 3.63) is 35.9 Å². The highest BCUT2D eigenvalue weighted by molar-refractivity contribution is 5.97. The first kappa shape index (κ1) is 16.2. The normalized spacial score (nSPS) is 20.1. The minimum absolute atomic E-state index is 0.0863. The van der Waals surface area contributed by atoms with Gasteiger partial charge in [0.2, 0.25) is 0 Å². The second-order valence-corrected chi connectivity index (χ2v) is 6.64. The van der Waals surface area contributed by atoms with E-state index in [1.807, 2.05) is 30.3 Å².